The predicted molar refractivity (Wildman–Crippen MR) is 273 cm³/mol. The van der Waals surface area contributed by atoms with E-state index in [1.807, 2.05) is 57.2 Å². The normalized spacial score (nSPS) is 22.6. The van der Waals surface area contributed by atoms with Crippen LogP contribution >= 0.6 is 0 Å². The molecule has 17 heteroatoms. The fourth-order valence-corrected chi connectivity index (χ4v) is 10.6. The number of likely N-dealkylation sites (tertiary alicyclic amines) is 1. The second-order valence-electron chi connectivity index (χ2n) is 21.1. The molecule has 0 unspecified atom stereocenters. The second-order valence-corrected chi connectivity index (χ2v) is 21.1. The minimum absolute atomic E-state index is 0.0143. The van der Waals surface area contributed by atoms with Gasteiger partial charge in [0.05, 0.1) is 30.3 Å². The molecule has 72 heavy (non-hydrogen) atoms. The van der Waals surface area contributed by atoms with E-state index in [-0.39, 0.29) is 61.3 Å². The number of ether oxygens (including phenoxy) is 1. The molecule has 17 nitrogen and oxygen atoms in total. The molecule has 1 fully saturated rings. The van der Waals surface area contributed by atoms with Crippen molar-refractivity contribution in [2.24, 2.45) is 5.41 Å². The van der Waals surface area contributed by atoms with Crippen LogP contribution < -0.4 is 37.2 Å². The highest BCUT2D eigenvalue weighted by atomic mass is 16.5. The molecule has 0 bridgehead atoms. The van der Waals surface area contributed by atoms with Crippen molar-refractivity contribution >= 4 is 41.4 Å². The van der Waals surface area contributed by atoms with Gasteiger partial charge in [0.15, 0.2) is 0 Å². The molecule has 3 aromatic carbocycles. The highest BCUT2D eigenvalue weighted by Gasteiger charge is 2.47. The third-order valence-electron chi connectivity index (χ3n) is 15.2. The molecule has 388 valence electrons. The van der Waals surface area contributed by atoms with Gasteiger partial charge in [0, 0.05) is 38.2 Å². The summed E-state index contributed by atoms with van der Waals surface area (Å²) in [7, 11) is 4.76. The van der Waals surface area contributed by atoms with Gasteiger partial charge in [-0.15, -0.1) is 0 Å². The molecule has 1 saturated heterocycles. The largest absolute Gasteiger partial charge is 0.379 e. The summed E-state index contributed by atoms with van der Waals surface area (Å²) in [5.41, 5.74) is 5.43. The number of likely N-dealkylation sites (N-methyl/N-ethyl adjacent to an activating group) is 2. The number of aryl methyl sites for hydroxylation is 2. The first kappa shape index (κ1) is 53.6. The van der Waals surface area contributed by atoms with Crippen molar-refractivity contribution in [1.82, 2.24) is 47.0 Å². The highest BCUT2D eigenvalue weighted by molar-refractivity contribution is 5.97. The van der Waals surface area contributed by atoms with Gasteiger partial charge < -0.3 is 51.8 Å². The minimum Gasteiger partial charge on any atom is -0.379 e. The van der Waals surface area contributed by atoms with Crippen molar-refractivity contribution in [2.75, 3.05) is 27.7 Å². The predicted octanol–water partition coefficient (Wildman–Crippen LogP) is 3.29. The van der Waals surface area contributed by atoms with Crippen LogP contribution in [0.2, 0.25) is 0 Å². The summed E-state index contributed by atoms with van der Waals surface area (Å²) in [6.45, 7) is 10.6. The van der Waals surface area contributed by atoms with E-state index in [1.54, 1.807) is 53.1 Å². The van der Waals surface area contributed by atoms with Crippen LogP contribution in [-0.4, -0.2) is 127 Å². The van der Waals surface area contributed by atoms with Gasteiger partial charge in [-0.25, -0.2) is 0 Å². The van der Waals surface area contributed by atoms with Gasteiger partial charge in [-0.2, -0.15) is 0 Å². The third-order valence-corrected chi connectivity index (χ3v) is 15.2. The molecular weight excluding hydrogens is 915 g/mol. The van der Waals surface area contributed by atoms with Gasteiger partial charge in [0.1, 0.15) is 24.2 Å². The van der Waals surface area contributed by atoms with Crippen LogP contribution in [-0.2, 0) is 59.3 Å². The van der Waals surface area contributed by atoms with Crippen LogP contribution in [0.15, 0.2) is 66.7 Å². The standard InChI is InChI=1S/C55H75N9O8/c1-31(56-7)48(65)61-46(33(3)72-9)53(70)63-29-38-26-37(25-24-36(38)27-44(63)51(68)59-42-22-14-18-34-16-10-12-20-40(34)42)50(67)58-39-28-45(52(69)60-43-23-15-19-35-17-11-13-21-41(35)43)64(30-39)54(71)47(55(4,5)6)62-49(66)32(2)57-8/h10-13,16-17,20-21,24-26,31-33,39,42-47,56-57H,14-15,18-19,22-23,27-30H2,1-9H3,(H,58,67)(H,59,68)(H,60,69)(H,61,65)(H,62,66)/t31-,32-,33+,39-,42+,43+,44-,45-,46-,47+/m0/s1. The molecular formula is C55H75N9O8. The lowest BCUT2D eigenvalue weighted by Crippen LogP contribution is -2.61. The first-order valence-electron chi connectivity index (χ1n) is 25.6. The average Bonchev–Trinajstić information content (AvgIpc) is 3.81. The van der Waals surface area contributed by atoms with Gasteiger partial charge in [-0.1, -0.05) is 75.4 Å². The Balaban J connectivity index is 1.15. The zero-order valence-corrected chi connectivity index (χ0v) is 43.4. The number of amides is 7. The Morgan fingerprint density at radius 1 is 0.653 bits per heavy atom. The van der Waals surface area contributed by atoms with Crippen molar-refractivity contribution in [3.63, 3.8) is 0 Å². The number of benzene rings is 3. The lowest BCUT2D eigenvalue weighted by atomic mass is 9.85. The molecule has 3 aromatic rings. The lowest BCUT2D eigenvalue weighted by Gasteiger charge is -2.40. The summed E-state index contributed by atoms with van der Waals surface area (Å²) in [6.07, 6.45) is 4.63. The number of carbonyl (C=O) groups is 7. The molecule has 2 aliphatic heterocycles. The quantitative estimate of drug-likeness (QED) is 0.111. The first-order chi connectivity index (χ1) is 34.3. The van der Waals surface area contributed by atoms with E-state index in [2.05, 4.69) is 49.4 Å². The molecule has 7 amide bonds. The van der Waals surface area contributed by atoms with E-state index < -0.39 is 77.4 Å². The maximum atomic E-state index is 14.8. The van der Waals surface area contributed by atoms with E-state index in [0.29, 0.717) is 5.56 Å². The Morgan fingerprint density at radius 3 is 1.76 bits per heavy atom. The van der Waals surface area contributed by atoms with Crippen LogP contribution in [0.1, 0.15) is 129 Å². The van der Waals surface area contributed by atoms with E-state index in [9.17, 15) is 33.6 Å². The smallest absolute Gasteiger partial charge is 0.251 e. The molecule has 10 atom stereocenters. The summed E-state index contributed by atoms with van der Waals surface area (Å²) >= 11 is 0. The van der Waals surface area contributed by atoms with Gasteiger partial charge >= 0.3 is 0 Å². The number of rotatable bonds is 16. The summed E-state index contributed by atoms with van der Waals surface area (Å²) in [5, 5.41) is 21.2. The van der Waals surface area contributed by atoms with Gasteiger partial charge in [0.25, 0.3) is 5.91 Å². The summed E-state index contributed by atoms with van der Waals surface area (Å²) in [5.74, 6) is -2.82. The van der Waals surface area contributed by atoms with E-state index in [1.165, 1.54) is 28.0 Å². The van der Waals surface area contributed by atoms with Crippen molar-refractivity contribution in [2.45, 2.75) is 160 Å². The molecule has 2 heterocycles. The number of nitrogens with one attached hydrogen (secondary N) is 7. The summed E-state index contributed by atoms with van der Waals surface area (Å²) in [4.78, 5) is 103. The van der Waals surface area contributed by atoms with E-state index in [0.717, 1.165) is 55.2 Å². The second kappa shape index (κ2) is 23.1. The molecule has 7 rings (SSSR count). The van der Waals surface area contributed by atoms with Crippen LogP contribution in [0.25, 0.3) is 0 Å². The van der Waals surface area contributed by atoms with Crippen molar-refractivity contribution in [3.05, 3.63) is 106 Å². The first-order valence-corrected chi connectivity index (χ1v) is 25.6. The molecule has 0 aromatic heterocycles. The Kier molecular flexibility index (Phi) is 17.2. The van der Waals surface area contributed by atoms with Crippen LogP contribution in [0.4, 0.5) is 0 Å². The SMILES string of the molecule is CN[C@@H](C)C(=O)N[C@H](C(=O)N1Cc2cc(C(=O)N[C@H]3C[C@@H](C(=O)N[C@@H]4CCCc5ccccc54)N(C(=O)[C@@H](NC(=O)[C@H](C)NC)C(C)(C)C)C3)ccc2C[C@H]1C(=O)N[C@@H]1CCCc2ccccc21)[C@@H](C)OC. The topological polar surface area (TPSA) is 219 Å². The molecule has 0 radical (unpaired) electrons. The Morgan fingerprint density at radius 2 is 1.21 bits per heavy atom. The minimum atomic E-state index is -1.14. The average molecular weight is 990 g/mol. The van der Waals surface area contributed by atoms with Crippen molar-refractivity contribution in [1.29, 1.82) is 0 Å². The van der Waals surface area contributed by atoms with Gasteiger partial charge in [-0.05, 0) is 131 Å². The maximum absolute atomic E-state index is 14.8. The summed E-state index contributed by atoms with van der Waals surface area (Å²) < 4.78 is 5.63. The number of methoxy groups -OCH3 is 1. The van der Waals surface area contributed by atoms with Crippen LogP contribution in [0, 0.1) is 5.41 Å². The Labute approximate surface area is 424 Å². The van der Waals surface area contributed by atoms with Crippen molar-refractivity contribution < 1.29 is 38.3 Å². The molecule has 4 aliphatic rings. The maximum Gasteiger partial charge on any atom is 0.251 e. The zero-order valence-electron chi connectivity index (χ0n) is 43.4. The number of hydrogen-bond acceptors (Lipinski definition) is 10. The number of carbonyl (C=O) groups excluding carboxylic acids is 7. The van der Waals surface area contributed by atoms with Crippen LogP contribution in [0.3, 0.4) is 0 Å². The monoisotopic (exact) mass is 990 g/mol. The fraction of sp³-hybridized carbons (Fsp3) is 0.545. The molecule has 7 N–H and O–H groups in total. The number of nitrogens with zero attached hydrogens (tertiary/aromatic N) is 2. The molecule has 0 spiro atoms. The van der Waals surface area contributed by atoms with Gasteiger partial charge in [0.2, 0.25) is 35.4 Å². The Hall–Kier alpha value is -6.17. The zero-order chi connectivity index (χ0) is 52.0. The molecule has 0 saturated carbocycles. The number of fused-ring (bicyclic) bond motifs is 3. The third kappa shape index (κ3) is 12.0. The van der Waals surface area contributed by atoms with E-state index >= 15 is 0 Å². The molecule has 2 aliphatic carbocycles. The summed E-state index contributed by atoms with van der Waals surface area (Å²) in [6, 6.07) is 14.9. The Bertz CT molecular complexity index is 2510. The fourth-order valence-electron chi connectivity index (χ4n) is 10.6. The van der Waals surface area contributed by atoms with Crippen LogP contribution in [0.5, 0.6) is 0 Å². The van der Waals surface area contributed by atoms with E-state index in [4.69, 9.17) is 4.74 Å². The van der Waals surface area contributed by atoms with Gasteiger partial charge in [-0.3, -0.25) is 33.6 Å². The highest BCUT2D eigenvalue weighted by Crippen LogP contribution is 2.34. The number of hydrogen-bond donors (Lipinski definition) is 7. The lowest BCUT2D eigenvalue weighted by molar-refractivity contribution is -0.147. The van der Waals surface area contributed by atoms with Crippen molar-refractivity contribution in [3.8, 4) is 0 Å².